The Kier molecular flexibility index (Phi) is 6.74. The molecule has 1 aliphatic heterocycles. The van der Waals surface area contributed by atoms with Crippen LogP contribution in [0.2, 0.25) is 0 Å². The number of thioether (sulfide) groups is 1. The van der Waals surface area contributed by atoms with Gasteiger partial charge in [-0.3, -0.25) is 9.69 Å². The molecule has 3 rings (SSSR count). The molecule has 2 aromatic rings. The van der Waals surface area contributed by atoms with Crippen LogP contribution in [-0.4, -0.2) is 49.3 Å². The Morgan fingerprint density at radius 2 is 1.93 bits per heavy atom. The Labute approximate surface area is 165 Å². The molecule has 1 amide bonds. The van der Waals surface area contributed by atoms with Crippen molar-refractivity contribution >= 4 is 29.0 Å². The molecule has 1 fully saturated rings. The van der Waals surface area contributed by atoms with E-state index in [0.717, 1.165) is 36.8 Å². The molecule has 1 aliphatic rings. The highest BCUT2D eigenvalue weighted by Gasteiger charge is 2.19. The normalized spacial score (nSPS) is 14.6. The number of carbonyl (C=O) groups is 1. The Morgan fingerprint density at radius 3 is 2.67 bits per heavy atom. The van der Waals surface area contributed by atoms with Crippen molar-refractivity contribution in [1.82, 2.24) is 4.90 Å². The van der Waals surface area contributed by atoms with Gasteiger partial charge in [-0.05, 0) is 36.8 Å². The number of amides is 1. The molecule has 1 heterocycles. The van der Waals surface area contributed by atoms with Crippen molar-refractivity contribution in [3.05, 3.63) is 54.1 Å². The first-order valence-electron chi connectivity index (χ1n) is 9.08. The summed E-state index contributed by atoms with van der Waals surface area (Å²) in [7, 11) is 0. The third-order valence-corrected chi connectivity index (χ3v) is 5.50. The minimum atomic E-state index is -0.0102. The molecule has 1 saturated heterocycles. The van der Waals surface area contributed by atoms with Crippen LogP contribution in [0.3, 0.4) is 0 Å². The quantitative estimate of drug-likeness (QED) is 0.779. The van der Waals surface area contributed by atoms with Crippen LogP contribution in [0.1, 0.15) is 5.56 Å². The predicted octanol–water partition coefficient (Wildman–Crippen LogP) is 3.37. The minimum absolute atomic E-state index is 0.0102. The van der Waals surface area contributed by atoms with Gasteiger partial charge < -0.3 is 10.2 Å². The van der Waals surface area contributed by atoms with Crippen molar-refractivity contribution in [2.45, 2.75) is 11.8 Å². The SMILES string of the molecule is Cc1cccc(N2CCN(CC(=O)Nc3ccccc3SCC#N)CC2)c1. The van der Waals surface area contributed by atoms with E-state index < -0.39 is 0 Å². The number of nitrogens with one attached hydrogen (secondary N) is 1. The van der Waals surface area contributed by atoms with E-state index in [-0.39, 0.29) is 5.91 Å². The number of anilines is 2. The van der Waals surface area contributed by atoms with Gasteiger partial charge in [-0.2, -0.15) is 5.26 Å². The van der Waals surface area contributed by atoms with Crippen LogP contribution in [-0.2, 0) is 4.79 Å². The number of hydrogen-bond acceptors (Lipinski definition) is 5. The number of carbonyl (C=O) groups excluding carboxylic acids is 1. The fraction of sp³-hybridized carbons (Fsp3) is 0.333. The molecule has 0 aliphatic carbocycles. The smallest absolute Gasteiger partial charge is 0.238 e. The van der Waals surface area contributed by atoms with Crippen LogP contribution in [0.4, 0.5) is 11.4 Å². The van der Waals surface area contributed by atoms with Crippen molar-refractivity contribution in [3.63, 3.8) is 0 Å². The zero-order valence-corrected chi connectivity index (χ0v) is 16.3. The number of hydrogen-bond donors (Lipinski definition) is 1. The molecular weight excluding hydrogens is 356 g/mol. The van der Waals surface area contributed by atoms with Gasteiger partial charge in [0.25, 0.3) is 0 Å². The zero-order chi connectivity index (χ0) is 19.1. The van der Waals surface area contributed by atoms with Gasteiger partial charge in [0.1, 0.15) is 0 Å². The minimum Gasteiger partial charge on any atom is -0.369 e. The Morgan fingerprint density at radius 1 is 1.15 bits per heavy atom. The molecule has 0 bridgehead atoms. The van der Waals surface area contributed by atoms with Crippen molar-refractivity contribution in [2.24, 2.45) is 0 Å². The van der Waals surface area contributed by atoms with Gasteiger partial charge in [0.15, 0.2) is 0 Å². The number of piperazine rings is 1. The van der Waals surface area contributed by atoms with Crippen LogP contribution in [0, 0.1) is 18.3 Å². The number of aryl methyl sites for hydroxylation is 1. The van der Waals surface area contributed by atoms with Crippen LogP contribution in [0.5, 0.6) is 0 Å². The second-order valence-corrected chi connectivity index (χ2v) is 7.61. The molecular formula is C21H24N4OS. The molecule has 0 saturated carbocycles. The van der Waals surface area contributed by atoms with Crippen LogP contribution < -0.4 is 10.2 Å². The Bertz CT molecular complexity index is 825. The number of nitriles is 1. The number of benzene rings is 2. The summed E-state index contributed by atoms with van der Waals surface area (Å²) < 4.78 is 0. The molecule has 0 aromatic heterocycles. The fourth-order valence-electron chi connectivity index (χ4n) is 3.19. The molecule has 0 unspecified atom stereocenters. The summed E-state index contributed by atoms with van der Waals surface area (Å²) >= 11 is 1.44. The highest BCUT2D eigenvalue weighted by atomic mass is 32.2. The maximum atomic E-state index is 12.5. The monoisotopic (exact) mass is 380 g/mol. The molecule has 0 spiro atoms. The van der Waals surface area contributed by atoms with E-state index in [4.69, 9.17) is 5.26 Å². The number of para-hydroxylation sites is 1. The van der Waals surface area contributed by atoms with E-state index in [9.17, 15) is 4.79 Å². The van der Waals surface area contributed by atoms with Gasteiger partial charge in [0, 0.05) is 36.8 Å². The third kappa shape index (κ3) is 5.49. The van der Waals surface area contributed by atoms with E-state index in [0.29, 0.717) is 12.3 Å². The van der Waals surface area contributed by atoms with E-state index in [1.54, 1.807) is 0 Å². The third-order valence-electron chi connectivity index (χ3n) is 4.56. The molecule has 140 valence electrons. The first-order valence-corrected chi connectivity index (χ1v) is 10.1. The van der Waals surface area contributed by atoms with Crippen molar-refractivity contribution in [2.75, 3.05) is 48.7 Å². The summed E-state index contributed by atoms with van der Waals surface area (Å²) in [5, 5.41) is 11.8. The fourth-order valence-corrected chi connectivity index (χ4v) is 3.86. The molecule has 6 heteroatoms. The zero-order valence-electron chi connectivity index (χ0n) is 15.5. The molecule has 1 N–H and O–H groups in total. The molecule has 0 radical (unpaired) electrons. The maximum absolute atomic E-state index is 12.5. The van der Waals surface area contributed by atoms with Gasteiger partial charge in [0.2, 0.25) is 5.91 Å². The average Bonchev–Trinajstić information content (AvgIpc) is 2.68. The largest absolute Gasteiger partial charge is 0.369 e. The summed E-state index contributed by atoms with van der Waals surface area (Å²) in [6.07, 6.45) is 0. The van der Waals surface area contributed by atoms with Crippen molar-refractivity contribution in [3.8, 4) is 6.07 Å². The van der Waals surface area contributed by atoms with Gasteiger partial charge in [-0.15, -0.1) is 11.8 Å². The second kappa shape index (κ2) is 9.45. The number of nitrogens with zero attached hydrogens (tertiary/aromatic N) is 3. The lowest BCUT2D eigenvalue weighted by Gasteiger charge is -2.35. The highest BCUT2D eigenvalue weighted by Crippen LogP contribution is 2.26. The standard InChI is InChI=1S/C21H24N4OS/c1-17-5-4-6-18(15-17)25-12-10-24(11-13-25)16-21(26)23-19-7-2-3-8-20(19)27-14-9-22/h2-8,15H,10-14,16H2,1H3,(H,23,26). The van der Waals surface area contributed by atoms with Gasteiger partial charge in [-0.25, -0.2) is 0 Å². The van der Waals surface area contributed by atoms with E-state index >= 15 is 0 Å². The van der Waals surface area contributed by atoms with Gasteiger partial charge in [-0.1, -0.05) is 24.3 Å². The van der Waals surface area contributed by atoms with Crippen LogP contribution in [0.25, 0.3) is 0 Å². The highest BCUT2D eigenvalue weighted by molar-refractivity contribution is 7.99. The predicted molar refractivity (Wildman–Crippen MR) is 111 cm³/mol. The summed E-state index contributed by atoms with van der Waals surface area (Å²) in [6, 6.07) is 18.3. The summed E-state index contributed by atoms with van der Waals surface area (Å²) in [4.78, 5) is 17.9. The topological polar surface area (TPSA) is 59.4 Å². The molecule has 5 nitrogen and oxygen atoms in total. The van der Waals surface area contributed by atoms with E-state index in [1.165, 1.54) is 23.0 Å². The lowest BCUT2D eigenvalue weighted by atomic mass is 10.2. The van der Waals surface area contributed by atoms with Crippen LogP contribution in [0.15, 0.2) is 53.4 Å². The van der Waals surface area contributed by atoms with E-state index in [1.807, 2.05) is 24.3 Å². The number of rotatable bonds is 6. The molecule has 27 heavy (non-hydrogen) atoms. The summed E-state index contributed by atoms with van der Waals surface area (Å²) in [5.74, 6) is 0.359. The Hall–Kier alpha value is -2.49. The van der Waals surface area contributed by atoms with Gasteiger partial charge >= 0.3 is 0 Å². The lowest BCUT2D eigenvalue weighted by molar-refractivity contribution is -0.117. The lowest BCUT2D eigenvalue weighted by Crippen LogP contribution is -2.48. The van der Waals surface area contributed by atoms with Gasteiger partial charge in [0.05, 0.1) is 24.1 Å². The maximum Gasteiger partial charge on any atom is 0.238 e. The summed E-state index contributed by atoms with van der Waals surface area (Å²) in [6.45, 7) is 6.07. The molecule has 0 atom stereocenters. The molecule has 2 aromatic carbocycles. The first-order chi connectivity index (χ1) is 13.2. The summed E-state index contributed by atoms with van der Waals surface area (Å²) in [5.41, 5.74) is 3.30. The second-order valence-electron chi connectivity index (χ2n) is 6.59. The Balaban J connectivity index is 1.51. The van der Waals surface area contributed by atoms with Crippen molar-refractivity contribution in [1.29, 1.82) is 5.26 Å². The first kappa shape index (κ1) is 19.3. The average molecular weight is 381 g/mol. The van der Waals surface area contributed by atoms with E-state index in [2.05, 4.69) is 52.4 Å². The van der Waals surface area contributed by atoms with Crippen LogP contribution >= 0.6 is 11.8 Å². The van der Waals surface area contributed by atoms with Crippen molar-refractivity contribution < 1.29 is 4.79 Å².